The van der Waals surface area contributed by atoms with Gasteiger partial charge >= 0.3 is 0 Å². The fraction of sp³-hybridized carbons (Fsp3) is 0.400. The molecule has 12 heavy (non-hydrogen) atoms. The Labute approximate surface area is 72.8 Å². The maximum absolute atomic E-state index is 13.2. The van der Waals surface area contributed by atoms with Gasteiger partial charge in [-0.1, -0.05) is 13.0 Å². The molecule has 0 spiro atoms. The molecular formula is C10H14FN. The fourth-order valence-electron chi connectivity index (χ4n) is 1.32. The third kappa shape index (κ3) is 1.58. The summed E-state index contributed by atoms with van der Waals surface area (Å²) < 4.78 is 13.2. The lowest BCUT2D eigenvalue weighted by Gasteiger charge is -2.16. The zero-order chi connectivity index (χ0) is 9.14. The average Bonchev–Trinajstić information content (AvgIpc) is 2.03. The highest BCUT2D eigenvalue weighted by Gasteiger charge is 2.06. The Kier molecular flexibility index (Phi) is 2.69. The van der Waals surface area contributed by atoms with Crippen LogP contribution in [0, 0.1) is 5.82 Å². The van der Waals surface area contributed by atoms with Crippen LogP contribution in [0.2, 0.25) is 0 Å². The van der Waals surface area contributed by atoms with Crippen molar-refractivity contribution in [2.75, 3.05) is 19.0 Å². The lowest BCUT2D eigenvalue weighted by Crippen LogP contribution is -2.11. The smallest absolute Gasteiger partial charge is 0.128 e. The van der Waals surface area contributed by atoms with Crippen molar-refractivity contribution in [3.05, 3.63) is 29.6 Å². The monoisotopic (exact) mass is 167 g/mol. The summed E-state index contributed by atoms with van der Waals surface area (Å²) in [4.78, 5) is 1.93. The van der Waals surface area contributed by atoms with Crippen molar-refractivity contribution in [3.63, 3.8) is 0 Å². The Balaban J connectivity index is 3.18. The molecule has 0 N–H and O–H groups in total. The lowest BCUT2D eigenvalue weighted by molar-refractivity contribution is 0.612. The molecule has 0 heterocycles. The Morgan fingerprint density at radius 1 is 1.33 bits per heavy atom. The minimum absolute atomic E-state index is 0.108. The van der Waals surface area contributed by atoms with Crippen LogP contribution in [0.15, 0.2) is 18.2 Å². The Bertz CT molecular complexity index is 269. The topological polar surface area (TPSA) is 3.24 Å². The summed E-state index contributed by atoms with van der Waals surface area (Å²) in [7, 11) is 3.85. The molecule has 1 aromatic carbocycles. The van der Waals surface area contributed by atoms with E-state index in [9.17, 15) is 4.39 Å². The van der Waals surface area contributed by atoms with Crippen molar-refractivity contribution in [1.82, 2.24) is 0 Å². The molecule has 0 saturated carbocycles. The van der Waals surface area contributed by atoms with E-state index in [0.29, 0.717) is 0 Å². The highest BCUT2D eigenvalue weighted by atomic mass is 19.1. The second kappa shape index (κ2) is 3.57. The van der Waals surface area contributed by atoms with Gasteiger partial charge in [-0.2, -0.15) is 0 Å². The van der Waals surface area contributed by atoms with E-state index in [4.69, 9.17) is 0 Å². The van der Waals surface area contributed by atoms with Crippen LogP contribution in [0.5, 0.6) is 0 Å². The van der Waals surface area contributed by atoms with Gasteiger partial charge in [-0.15, -0.1) is 0 Å². The van der Waals surface area contributed by atoms with Crippen molar-refractivity contribution < 1.29 is 4.39 Å². The van der Waals surface area contributed by atoms with Crippen LogP contribution in [0.3, 0.4) is 0 Å². The third-order valence-corrected chi connectivity index (χ3v) is 1.93. The van der Waals surface area contributed by atoms with Crippen LogP contribution in [0.1, 0.15) is 12.5 Å². The average molecular weight is 167 g/mol. The molecule has 0 radical (unpaired) electrons. The molecule has 0 aliphatic rings. The first-order chi connectivity index (χ1) is 5.66. The third-order valence-electron chi connectivity index (χ3n) is 1.93. The minimum Gasteiger partial charge on any atom is -0.377 e. The maximum atomic E-state index is 13.2. The second-order valence-corrected chi connectivity index (χ2v) is 2.99. The van der Waals surface area contributed by atoms with Gasteiger partial charge in [0.1, 0.15) is 5.82 Å². The Morgan fingerprint density at radius 3 is 2.42 bits per heavy atom. The van der Waals surface area contributed by atoms with Gasteiger partial charge in [0.15, 0.2) is 0 Å². The van der Waals surface area contributed by atoms with Crippen molar-refractivity contribution in [3.8, 4) is 0 Å². The van der Waals surface area contributed by atoms with Crippen LogP contribution >= 0.6 is 0 Å². The number of hydrogen-bond donors (Lipinski definition) is 0. The van der Waals surface area contributed by atoms with Gasteiger partial charge in [0.25, 0.3) is 0 Å². The van der Waals surface area contributed by atoms with Gasteiger partial charge < -0.3 is 4.90 Å². The molecule has 0 saturated heterocycles. The molecule has 0 bridgehead atoms. The van der Waals surface area contributed by atoms with E-state index in [1.165, 1.54) is 6.07 Å². The molecule has 0 unspecified atom stereocenters. The molecule has 2 heteroatoms. The highest BCUT2D eigenvalue weighted by molar-refractivity contribution is 5.52. The summed E-state index contributed by atoms with van der Waals surface area (Å²) >= 11 is 0. The molecular weight excluding hydrogens is 153 g/mol. The summed E-state index contributed by atoms with van der Waals surface area (Å²) in [6.45, 7) is 1.96. The summed E-state index contributed by atoms with van der Waals surface area (Å²) in [5.74, 6) is -0.108. The van der Waals surface area contributed by atoms with E-state index in [1.54, 1.807) is 6.07 Å². The van der Waals surface area contributed by atoms with E-state index < -0.39 is 0 Å². The fourth-order valence-corrected chi connectivity index (χ4v) is 1.32. The molecule has 0 aliphatic heterocycles. The number of halogens is 1. The quantitative estimate of drug-likeness (QED) is 0.654. The first kappa shape index (κ1) is 9.04. The first-order valence-corrected chi connectivity index (χ1v) is 4.11. The highest BCUT2D eigenvalue weighted by Crippen LogP contribution is 2.21. The zero-order valence-corrected chi connectivity index (χ0v) is 7.76. The van der Waals surface area contributed by atoms with Crippen molar-refractivity contribution >= 4 is 5.69 Å². The number of benzene rings is 1. The molecule has 0 aromatic heterocycles. The summed E-state index contributed by atoms with van der Waals surface area (Å²) in [6.07, 6.45) is 0.736. The molecule has 0 atom stereocenters. The minimum atomic E-state index is -0.108. The van der Waals surface area contributed by atoms with Crippen LogP contribution in [0.4, 0.5) is 10.1 Å². The SMILES string of the molecule is CCc1c(F)cccc1N(C)C. The van der Waals surface area contributed by atoms with Gasteiger partial charge in [-0.3, -0.25) is 0 Å². The molecule has 1 aromatic rings. The van der Waals surface area contributed by atoms with Crippen LogP contribution < -0.4 is 4.90 Å². The number of hydrogen-bond acceptors (Lipinski definition) is 1. The largest absolute Gasteiger partial charge is 0.377 e. The normalized spacial score (nSPS) is 10.0. The first-order valence-electron chi connectivity index (χ1n) is 4.11. The van der Waals surface area contributed by atoms with Crippen molar-refractivity contribution in [2.24, 2.45) is 0 Å². The van der Waals surface area contributed by atoms with Crippen molar-refractivity contribution in [1.29, 1.82) is 0 Å². The van der Waals surface area contributed by atoms with E-state index in [-0.39, 0.29) is 5.82 Å². The maximum Gasteiger partial charge on any atom is 0.128 e. The summed E-state index contributed by atoms with van der Waals surface area (Å²) in [5.41, 5.74) is 1.76. The van der Waals surface area contributed by atoms with Crippen LogP contribution in [0.25, 0.3) is 0 Å². The van der Waals surface area contributed by atoms with E-state index in [0.717, 1.165) is 17.7 Å². The van der Waals surface area contributed by atoms with Crippen LogP contribution in [-0.4, -0.2) is 14.1 Å². The van der Waals surface area contributed by atoms with E-state index in [2.05, 4.69) is 0 Å². The van der Waals surface area contributed by atoms with Gasteiger partial charge in [0.2, 0.25) is 0 Å². The lowest BCUT2D eigenvalue weighted by atomic mass is 10.1. The number of rotatable bonds is 2. The second-order valence-electron chi connectivity index (χ2n) is 2.99. The number of anilines is 1. The van der Waals surface area contributed by atoms with E-state index in [1.807, 2.05) is 32.0 Å². The molecule has 0 aliphatic carbocycles. The van der Waals surface area contributed by atoms with Gasteiger partial charge in [0.05, 0.1) is 0 Å². The predicted octanol–water partition coefficient (Wildman–Crippen LogP) is 2.45. The zero-order valence-electron chi connectivity index (χ0n) is 7.76. The standard InChI is InChI=1S/C10H14FN/c1-4-8-9(11)6-5-7-10(8)12(2)3/h5-7H,4H2,1-3H3. The Morgan fingerprint density at radius 2 is 2.00 bits per heavy atom. The molecule has 0 amide bonds. The summed E-state index contributed by atoms with van der Waals surface area (Å²) in [5, 5.41) is 0. The van der Waals surface area contributed by atoms with E-state index >= 15 is 0 Å². The molecule has 66 valence electrons. The van der Waals surface area contributed by atoms with Gasteiger partial charge in [-0.05, 0) is 18.6 Å². The van der Waals surface area contributed by atoms with Gasteiger partial charge in [-0.25, -0.2) is 4.39 Å². The molecule has 0 fully saturated rings. The number of nitrogens with zero attached hydrogens (tertiary/aromatic N) is 1. The molecule has 1 rings (SSSR count). The van der Waals surface area contributed by atoms with Crippen LogP contribution in [-0.2, 0) is 6.42 Å². The molecule has 1 nitrogen and oxygen atoms in total. The summed E-state index contributed by atoms with van der Waals surface area (Å²) in [6, 6.07) is 5.18. The predicted molar refractivity (Wildman–Crippen MR) is 50.1 cm³/mol. The van der Waals surface area contributed by atoms with Gasteiger partial charge in [0, 0.05) is 25.3 Å². The Hall–Kier alpha value is -1.05. The van der Waals surface area contributed by atoms with Crippen molar-refractivity contribution in [2.45, 2.75) is 13.3 Å².